The zero-order valence-electron chi connectivity index (χ0n) is 19.4. The molecule has 2 aliphatic rings. The lowest BCUT2D eigenvalue weighted by Crippen LogP contribution is -2.40. The molecule has 0 radical (unpaired) electrons. The standard InChI is InChI=1S/C27H28ClN3O3S/c28-23-9-12-25(13-10-23)35(33,34)31-16-14-21-8-11-24(17-26(21)31)29-27(32)22-7-4-15-30(19-22)18-20-5-2-1-3-6-20/h1-3,5-6,8-13,17,22H,4,7,14-16,18-19H2,(H,29,32). The summed E-state index contributed by atoms with van der Waals surface area (Å²) in [6.07, 6.45) is 2.45. The minimum atomic E-state index is -3.72. The van der Waals surface area contributed by atoms with Gasteiger partial charge in [-0.15, -0.1) is 0 Å². The lowest BCUT2D eigenvalue weighted by molar-refractivity contribution is -0.121. The highest BCUT2D eigenvalue weighted by Gasteiger charge is 2.32. The molecule has 1 saturated heterocycles. The van der Waals surface area contributed by atoms with Crippen molar-refractivity contribution in [1.82, 2.24) is 4.90 Å². The summed E-state index contributed by atoms with van der Waals surface area (Å²) >= 11 is 5.93. The highest BCUT2D eigenvalue weighted by Crippen LogP contribution is 2.35. The summed E-state index contributed by atoms with van der Waals surface area (Å²) in [6, 6.07) is 22.0. The van der Waals surface area contributed by atoms with Crippen LogP contribution in [0.3, 0.4) is 0 Å². The number of sulfonamides is 1. The van der Waals surface area contributed by atoms with Crippen molar-refractivity contribution in [3.05, 3.63) is 88.9 Å². The van der Waals surface area contributed by atoms with Crippen molar-refractivity contribution in [2.24, 2.45) is 5.92 Å². The molecule has 35 heavy (non-hydrogen) atoms. The average molecular weight is 510 g/mol. The largest absolute Gasteiger partial charge is 0.326 e. The molecule has 1 N–H and O–H groups in total. The van der Waals surface area contributed by atoms with E-state index in [1.165, 1.54) is 22.0 Å². The fourth-order valence-electron chi connectivity index (χ4n) is 4.91. The zero-order valence-corrected chi connectivity index (χ0v) is 20.9. The number of rotatable bonds is 6. The Bertz CT molecular complexity index is 1310. The lowest BCUT2D eigenvalue weighted by atomic mass is 9.96. The molecule has 1 unspecified atom stereocenters. The number of likely N-dealkylation sites (tertiary alicyclic amines) is 1. The van der Waals surface area contributed by atoms with Crippen LogP contribution in [0.15, 0.2) is 77.7 Å². The van der Waals surface area contributed by atoms with Crippen molar-refractivity contribution in [2.45, 2.75) is 30.7 Å². The predicted molar refractivity (Wildman–Crippen MR) is 139 cm³/mol. The van der Waals surface area contributed by atoms with Crippen LogP contribution in [0.25, 0.3) is 0 Å². The van der Waals surface area contributed by atoms with E-state index in [9.17, 15) is 13.2 Å². The Balaban J connectivity index is 1.29. The van der Waals surface area contributed by atoms with Crippen molar-refractivity contribution in [3.63, 3.8) is 0 Å². The normalized spacial score (nSPS) is 18.3. The Morgan fingerprint density at radius 3 is 2.54 bits per heavy atom. The van der Waals surface area contributed by atoms with E-state index < -0.39 is 10.0 Å². The van der Waals surface area contributed by atoms with E-state index in [4.69, 9.17) is 11.6 Å². The quantitative estimate of drug-likeness (QED) is 0.511. The summed E-state index contributed by atoms with van der Waals surface area (Å²) in [5, 5.41) is 3.53. The number of benzene rings is 3. The SMILES string of the molecule is O=C(Nc1ccc2c(c1)N(S(=O)(=O)c1ccc(Cl)cc1)CC2)C1CCCN(Cc2ccccc2)C1. The third-order valence-corrected chi connectivity index (χ3v) is 8.81. The molecule has 5 rings (SSSR count). The van der Waals surface area contributed by atoms with Crippen molar-refractivity contribution in [1.29, 1.82) is 0 Å². The third kappa shape index (κ3) is 5.22. The van der Waals surface area contributed by atoms with Crippen LogP contribution in [0.2, 0.25) is 5.02 Å². The van der Waals surface area contributed by atoms with Crippen LogP contribution in [0.4, 0.5) is 11.4 Å². The van der Waals surface area contributed by atoms with Crippen LogP contribution in [-0.4, -0.2) is 38.9 Å². The topological polar surface area (TPSA) is 69.7 Å². The smallest absolute Gasteiger partial charge is 0.264 e. The van der Waals surface area contributed by atoms with Crippen LogP contribution >= 0.6 is 11.6 Å². The second-order valence-corrected chi connectivity index (χ2v) is 11.5. The van der Waals surface area contributed by atoms with Gasteiger partial charge in [0.1, 0.15) is 0 Å². The van der Waals surface area contributed by atoms with Gasteiger partial charge in [0.15, 0.2) is 0 Å². The van der Waals surface area contributed by atoms with Gasteiger partial charge in [0, 0.05) is 30.3 Å². The first-order chi connectivity index (χ1) is 16.9. The molecular weight excluding hydrogens is 482 g/mol. The number of nitrogens with zero attached hydrogens (tertiary/aromatic N) is 2. The third-order valence-electron chi connectivity index (χ3n) is 6.73. The van der Waals surface area contributed by atoms with E-state index in [-0.39, 0.29) is 16.7 Å². The van der Waals surface area contributed by atoms with E-state index in [1.807, 2.05) is 30.3 Å². The van der Waals surface area contributed by atoms with E-state index in [0.29, 0.717) is 35.9 Å². The number of nitrogens with one attached hydrogen (secondary N) is 1. The fraction of sp³-hybridized carbons (Fsp3) is 0.296. The van der Waals surface area contributed by atoms with Crippen LogP contribution in [0.5, 0.6) is 0 Å². The fourth-order valence-corrected chi connectivity index (χ4v) is 6.53. The first-order valence-electron chi connectivity index (χ1n) is 11.9. The monoisotopic (exact) mass is 509 g/mol. The molecule has 3 aromatic rings. The second kappa shape index (κ2) is 10.0. The number of anilines is 2. The van der Waals surface area contributed by atoms with Gasteiger partial charge in [-0.3, -0.25) is 14.0 Å². The van der Waals surface area contributed by atoms with Crippen LogP contribution in [-0.2, 0) is 27.8 Å². The number of hydrogen-bond acceptors (Lipinski definition) is 4. The first-order valence-corrected chi connectivity index (χ1v) is 13.7. The van der Waals surface area contributed by atoms with Gasteiger partial charge in [-0.25, -0.2) is 8.42 Å². The van der Waals surface area contributed by atoms with Gasteiger partial charge in [0.05, 0.1) is 16.5 Å². The molecule has 0 saturated carbocycles. The molecule has 0 bridgehead atoms. The second-order valence-electron chi connectivity index (χ2n) is 9.17. The van der Waals surface area contributed by atoms with Crippen LogP contribution in [0.1, 0.15) is 24.0 Å². The summed E-state index contributed by atoms with van der Waals surface area (Å²) in [6.45, 7) is 2.90. The van der Waals surface area contributed by atoms with Gasteiger partial charge < -0.3 is 5.32 Å². The van der Waals surface area contributed by atoms with E-state index in [2.05, 4.69) is 22.3 Å². The van der Waals surface area contributed by atoms with Gasteiger partial charge in [-0.2, -0.15) is 0 Å². The molecule has 3 aromatic carbocycles. The van der Waals surface area contributed by atoms with E-state index in [0.717, 1.165) is 31.5 Å². The Morgan fingerprint density at radius 1 is 1.00 bits per heavy atom. The van der Waals surface area contributed by atoms with Crippen LogP contribution in [0, 0.1) is 5.92 Å². The van der Waals surface area contributed by atoms with E-state index >= 15 is 0 Å². The zero-order chi connectivity index (χ0) is 24.4. The van der Waals surface area contributed by atoms with Crippen molar-refractivity contribution >= 4 is 38.9 Å². The molecule has 1 fully saturated rings. The summed E-state index contributed by atoms with van der Waals surface area (Å²) in [5.74, 6) is -0.123. The Hall–Kier alpha value is -2.87. The Kier molecular flexibility index (Phi) is 6.82. The Morgan fingerprint density at radius 2 is 1.77 bits per heavy atom. The predicted octanol–water partition coefficient (Wildman–Crippen LogP) is 4.94. The molecule has 0 spiro atoms. The number of piperidine rings is 1. The average Bonchev–Trinajstić information content (AvgIpc) is 3.29. The summed E-state index contributed by atoms with van der Waals surface area (Å²) in [5.41, 5.74) is 3.43. The maximum atomic E-state index is 13.3. The minimum Gasteiger partial charge on any atom is -0.326 e. The van der Waals surface area contributed by atoms with Gasteiger partial charge >= 0.3 is 0 Å². The van der Waals surface area contributed by atoms with Crippen molar-refractivity contribution in [3.8, 4) is 0 Å². The highest BCUT2D eigenvalue weighted by molar-refractivity contribution is 7.92. The molecule has 6 nitrogen and oxygen atoms in total. The minimum absolute atomic E-state index is 0.0205. The summed E-state index contributed by atoms with van der Waals surface area (Å²) in [7, 11) is -3.72. The molecule has 1 amide bonds. The highest BCUT2D eigenvalue weighted by atomic mass is 35.5. The molecule has 0 aromatic heterocycles. The van der Waals surface area contributed by atoms with E-state index in [1.54, 1.807) is 18.2 Å². The summed E-state index contributed by atoms with van der Waals surface area (Å²) < 4.78 is 28.0. The molecule has 2 heterocycles. The Labute approximate surface area is 211 Å². The number of halogens is 1. The summed E-state index contributed by atoms with van der Waals surface area (Å²) in [4.78, 5) is 15.6. The first kappa shape index (κ1) is 23.9. The lowest BCUT2D eigenvalue weighted by Gasteiger charge is -2.32. The maximum Gasteiger partial charge on any atom is 0.264 e. The number of fused-ring (bicyclic) bond motifs is 1. The van der Waals surface area contributed by atoms with Crippen molar-refractivity contribution in [2.75, 3.05) is 29.3 Å². The number of hydrogen-bond donors (Lipinski definition) is 1. The molecule has 182 valence electrons. The molecule has 2 aliphatic heterocycles. The number of carbonyl (C=O) groups excluding carboxylic acids is 1. The maximum absolute atomic E-state index is 13.3. The van der Waals surface area contributed by atoms with Crippen molar-refractivity contribution < 1.29 is 13.2 Å². The molecule has 1 atom stereocenters. The number of amides is 1. The van der Waals surface area contributed by atoms with Gasteiger partial charge in [0.2, 0.25) is 5.91 Å². The van der Waals surface area contributed by atoms with Crippen LogP contribution < -0.4 is 9.62 Å². The van der Waals surface area contributed by atoms with Gasteiger partial charge in [-0.05, 0) is 73.3 Å². The molecular formula is C27H28ClN3O3S. The molecule has 0 aliphatic carbocycles. The number of carbonyl (C=O) groups is 1. The van der Waals surface area contributed by atoms with Gasteiger partial charge in [-0.1, -0.05) is 48.0 Å². The van der Waals surface area contributed by atoms with Gasteiger partial charge in [0.25, 0.3) is 10.0 Å². The molecule has 8 heteroatoms.